The first-order chi connectivity index (χ1) is 15.5. The van der Waals surface area contributed by atoms with Gasteiger partial charge in [0.2, 0.25) is 0 Å². The standard InChI is InChI=1S/C24H15Cl2N3O3/c1-32-22-9-17(18(25)10-19(22)26)13-6-7-16-20(8-13)28-24(31)29(23(16)30)21-12-27-11-14-4-2-3-5-15(14)21/h2-12H,1H3,(H,28,31). The van der Waals surface area contributed by atoms with Crippen molar-refractivity contribution in [1.82, 2.24) is 14.5 Å². The van der Waals surface area contributed by atoms with Crippen molar-refractivity contribution in [2.75, 3.05) is 7.11 Å². The van der Waals surface area contributed by atoms with Gasteiger partial charge in [0.25, 0.3) is 5.56 Å². The summed E-state index contributed by atoms with van der Waals surface area (Å²) in [5.74, 6) is 0.471. The summed E-state index contributed by atoms with van der Waals surface area (Å²) < 4.78 is 6.39. The minimum atomic E-state index is -0.558. The summed E-state index contributed by atoms with van der Waals surface area (Å²) in [6.45, 7) is 0. The minimum absolute atomic E-state index is 0.360. The predicted molar refractivity (Wildman–Crippen MR) is 127 cm³/mol. The second-order valence-corrected chi connectivity index (χ2v) is 7.99. The third kappa shape index (κ3) is 3.25. The van der Waals surface area contributed by atoms with E-state index in [9.17, 15) is 9.59 Å². The molecule has 0 radical (unpaired) electrons. The number of fused-ring (bicyclic) bond motifs is 2. The van der Waals surface area contributed by atoms with Gasteiger partial charge in [-0.25, -0.2) is 9.36 Å². The molecule has 5 rings (SSSR count). The van der Waals surface area contributed by atoms with E-state index in [1.165, 1.54) is 13.3 Å². The zero-order valence-corrected chi connectivity index (χ0v) is 18.2. The number of halogens is 2. The van der Waals surface area contributed by atoms with Crippen molar-refractivity contribution in [2.45, 2.75) is 0 Å². The molecule has 8 heteroatoms. The van der Waals surface area contributed by atoms with Crippen LogP contribution < -0.4 is 16.0 Å². The summed E-state index contributed by atoms with van der Waals surface area (Å²) >= 11 is 12.5. The Bertz CT molecular complexity index is 1640. The van der Waals surface area contributed by atoms with E-state index in [4.69, 9.17) is 27.9 Å². The van der Waals surface area contributed by atoms with Crippen molar-refractivity contribution in [1.29, 1.82) is 0 Å². The van der Waals surface area contributed by atoms with Gasteiger partial charge in [-0.15, -0.1) is 0 Å². The molecule has 0 saturated heterocycles. The maximum Gasteiger partial charge on any atom is 0.333 e. The predicted octanol–water partition coefficient (Wildman–Crippen LogP) is 5.21. The Labute approximate surface area is 191 Å². The van der Waals surface area contributed by atoms with Crippen LogP contribution in [0.2, 0.25) is 10.0 Å². The van der Waals surface area contributed by atoms with Crippen LogP contribution in [0.4, 0.5) is 0 Å². The van der Waals surface area contributed by atoms with Crippen molar-refractivity contribution in [3.63, 3.8) is 0 Å². The summed E-state index contributed by atoms with van der Waals surface area (Å²) in [6.07, 6.45) is 3.20. The van der Waals surface area contributed by atoms with Gasteiger partial charge in [-0.3, -0.25) is 9.78 Å². The molecule has 0 saturated carbocycles. The molecule has 1 N–H and O–H groups in total. The Morgan fingerprint density at radius 2 is 1.75 bits per heavy atom. The number of ether oxygens (including phenoxy) is 1. The Hall–Kier alpha value is -3.61. The lowest BCUT2D eigenvalue weighted by Crippen LogP contribution is -2.33. The van der Waals surface area contributed by atoms with Gasteiger partial charge in [-0.05, 0) is 29.8 Å². The molecule has 2 heterocycles. The summed E-state index contributed by atoms with van der Waals surface area (Å²) in [7, 11) is 1.52. The molecule has 0 aliphatic carbocycles. The van der Waals surface area contributed by atoms with Crippen molar-refractivity contribution >= 4 is 44.9 Å². The number of aromatic amines is 1. The van der Waals surface area contributed by atoms with E-state index in [1.807, 2.05) is 24.3 Å². The fourth-order valence-electron chi connectivity index (χ4n) is 3.79. The van der Waals surface area contributed by atoms with Crippen molar-refractivity contribution < 1.29 is 4.74 Å². The largest absolute Gasteiger partial charge is 0.495 e. The number of hydrogen-bond donors (Lipinski definition) is 1. The second kappa shape index (κ2) is 7.82. The molecule has 2 aromatic heterocycles. The number of hydrogen-bond acceptors (Lipinski definition) is 4. The first-order valence-electron chi connectivity index (χ1n) is 9.63. The lowest BCUT2D eigenvalue weighted by atomic mass is 10.0. The Morgan fingerprint density at radius 3 is 2.56 bits per heavy atom. The highest BCUT2D eigenvalue weighted by molar-refractivity contribution is 6.37. The number of methoxy groups -OCH3 is 1. The Morgan fingerprint density at radius 1 is 0.938 bits per heavy atom. The highest BCUT2D eigenvalue weighted by Gasteiger charge is 2.15. The average Bonchev–Trinajstić information content (AvgIpc) is 2.79. The van der Waals surface area contributed by atoms with Crippen LogP contribution in [0.25, 0.3) is 38.5 Å². The van der Waals surface area contributed by atoms with Crippen LogP contribution >= 0.6 is 23.2 Å². The normalized spacial score (nSPS) is 11.2. The zero-order valence-electron chi connectivity index (χ0n) is 16.7. The van der Waals surface area contributed by atoms with Crippen LogP contribution in [0.1, 0.15) is 0 Å². The van der Waals surface area contributed by atoms with Gasteiger partial charge in [-0.2, -0.15) is 0 Å². The van der Waals surface area contributed by atoms with Gasteiger partial charge in [0.15, 0.2) is 0 Å². The number of nitrogens with zero attached hydrogens (tertiary/aromatic N) is 2. The fraction of sp³-hybridized carbons (Fsp3) is 0.0417. The monoisotopic (exact) mass is 463 g/mol. The van der Waals surface area contributed by atoms with E-state index in [2.05, 4.69) is 9.97 Å². The molecule has 158 valence electrons. The summed E-state index contributed by atoms with van der Waals surface area (Å²) in [4.78, 5) is 33.3. The number of nitrogens with one attached hydrogen (secondary N) is 1. The fourth-order valence-corrected chi connectivity index (χ4v) is 4.36. The van der Waals surface area contributed by atoms with E-state index in [0.717, 1.165) is 15.3 Å². The number of aromatic nitrogens is 3. The third-order valence-corrected chi connectivity index (χ3v) is 5.95. The number of rotatable bonds is 3. The zero-order chi connectivity index (χ0) is 22.4. The van der Waals surface area contributed by atoms with Gasteiger partial charge >= 0.3 is 5.69 Å². The summed E-state index contributed by atoms with van der Waals surface area (Å²) in [6, 6.07) is 15.9. The SMILES string of the molecule is COc1cc(-c2ccc3c(=O)n(-c4cncc5ccccc45)c(=O)[nH]c3c2)c(Cl)cc1Cl. The van der Waals surface area contributed by atoms with Gasteiger partial charge < -0.3 is 9.72 Å². The van der Waals surface area contributed by atoms with Crippen LogP contribution in [0, 0.1) is 0 Å². The molecule has 0 amide bonds. The maximum atomic E-state index is 13.3. The molecular weight excluding hydrogens is 449 g/mol. The van der Waals surface area contributed by atoms with Gasteiger partial charge in [0.05, 0.1) is 39.9 Å². The molecule has 0 atom stereocenters. The number of pyridine rings is 1. The highest BCUT2D eigenvalue weighted by atomic mass is 35.5. The molecule has 0 unspecified atom stereocenters. The molecule has 3 aromatic carbocycles. The summed E-state index contributed by atoms with van der Waals surface area (Å²) in [5.41, 5.74) is 1.19. The lowest BCUT2D eigenvalue weighted by Gasteiger charge is -2.12. The molecule has 0 aliphatic rings. The maximum absolute atomic E-state index is 13.3. The molecule has 0 fully saturated rings. The topological polar surface area (TPSA) is 77.0 Å². The van der Waals surface area contributed by atoms with E-state index >= 15 is 0 Å². The molecule has 0 aliphatic heterocycles. The van der Waals surface area contributed by atoms with Crippen LogP contribution in [0.3, 0.4) is 0 Å². The molecule has 0 spiro atoms. The lowest BCUT2D eigenvalue weighted by molar-refractivity contribution is 0.415. The Balaban J connectivity index is 1.73. The molecule has 5 aromatic rings. The van der Waals surface area contributed by atoms with E-state index in [1.54, 1.807) is 36.5 Å². The van der Waals surface area contributed by atoms with Gasteiger partial charge in [-0.1, -0.05) is 53.5 Å². The molecular formula is C24H15Cl2N3O3. The van der Waals surface area contributed by atoms with Crippen molar-refractivity contribution in [3.05, 3.63) is 97.9 Å². The van der Waals surface area contributed by atoms with Crippen molar-refractivity contribution in [2.24, 2.45) is 0 Å². The molecule has 6 nitrogen and oxygen atoms in total. The highest BCUT2D eigenvalue weighted by Crippen LogP contribution is 2.37. The Kier molecular flexibility index (Phi) is 4.96. The second-order valence-electron chi connectivity index (χ2n) is 7.18. The quantitative estimate of drug-likeness (QED) is 0.398. The van der Waals surface area contributed by atoms with E-state index in [-0.39, 0.29) is 0 Å². The first kappa shape index (κ1) is 20.3. The molecule has 0 bridgehead atoms. The van der Waals surface area contributed by atoms with E-state index < -0.39 is 11.2 Å². The minimum Gasteiger partial charge on any atom is -0.495 e. The van der Waals surface area contributed by atoms with Gasteiger partial charge in [0, 0.05) is 22.5 Å². The first-order valence-corrected chi connectivity index (χ1v) is 10.4. The van der Waals surface area contributed by atoms with E-state index in [0.29, 0.717) is 43.5 Å². The number of benzene rings is 3. The van der Waals surface area contributed by atoms with Crippen molar-refractivity contribution in [3.8, 4) is 22.6 Å². The van der Waals surface area contributed by atoms with Crippen LogP contribution in [0.5, 0.6) is 5.75 Å². The summed E-state index contributed by atoms with van der Waals surface area (Å²) in [5, 5.41) is 2.76. The third-order valence-electron chi connectivity index (χ3n) is 5.34. The number of H-pyrrole nitrogens is 1. The van der Waals surface area contributed by atoms with Crippen LogP contribution in [-0.4, -0.2) is 21.6 Å². The molecule has 32 heavy (non-hydrogen) atoms. The van der Waals surface area contributed by atoms with Crippen LogP contribution in [-0.2, 0) is 0 Å². The van der Waals surface area contributed by atoms with Crippen LogP contribution in [0.15, 0.2) is 76.6 Å². The smallest absolute Gasteiger partial charge is 0.333 e. The van der Waals surface area contributed by atoms with Gasteiger partial charge in [0.1, 0.15) is 5.75 Å². The average molecular weight is 464 g/mol.